The van der Waals surface area contributed by atoms with Gasteiger partial charge in [0.25, 0.3) is 0 Å². The van der Waals surface area contributed by atoms with Crippen molar-refractivity contribution in [2.24, 2.45) is 0 Å². The van der Waals surface area contributed by atoms with E-state index in [0.29, 0.717) is 24.6 Å². The highest BCUT2D eigenvalue weighted by molar-refractivity contribution is 6.02. The summed E-state index contributed by atoms with van der Waals surface area (Å²) in [6.07, 6.45) is 3.84. The summed E-state index contributed by atoms with van der Waals surface area (Å²) in [5.74, 6) is 1.86. The Hall–Kier alpha value is -3.33. The number of nitrogens with zero attached hydrogens (tertiary/aromatic N) is 5. The maximum absolute atomic E-state index is 12.4. The van der Waals surface area contributed by atoms with E-state index in [1.807, 2.05) is 30.0 Å². The van der Waals surface area contributed by atoms with Crippen molar-refractivity contribution >= 4 is 17.5 Å². The van der Waals surface area contributed by atoms with Crippen molar-refractivity contribution in [2.75, 3.05) is 23.9 Å². The van der Waals surface area contributed by atoms with E-state index >= 15 is 0 Å². The topological polar surface area (TPSA) is 109 Å². The van der Waals surface area contributed by atoms with Crippen molar-refractivity contribution < 1.29 is 9.53 Å². The highest BCUT2D eigenvalue weighted by Gasteiger charge is 2.42. The lowest BCUT2D eigenvalue weighted by atomic mass is 10.0. The SMILES string of the molecule is CO[C@H]1C[C@H]2C(=O)Nc3ncc(-c4ccc(-c5ncn[nH]5)cc4C)nc3N2C1. The average Bonchev–Trinajstić information content (AvgIpc) is 3.38. The third-order valence-corrected chi connectivity index (χ3v) is 5.36. The summed E-state index contributed by atoms with van der Waals surface area (Å²) in [6.45, 7) is 2.65. The van der Waals surface area contributed by atoms with Crippen molar-refractivity contribution in [2.45, 2.75) is 25.5 Å². The van der Waals surface area contributed by atoms with E-state index in [4.69, 9.17) is 9.72 Å². The van der Waals surface area contributed by atoms with Crippen LogP contribution in [0.3, 0.4) is 0 Å². The van der Waals surface area contributed by atoms with Gasteiger partial charge in [0.2, 0.25) is 5.91 Å². The zero-order chi connectivity index (χ0) is 19.3. The molecule has 4 heterocycles. The molecule has 2 N–H and O–H groups in total. The molecular formula is C19H19N7O2. The monoisotopic (exact) mass is 377 g/mol. The van der Waals surface area contributed by atoms with Gasteiger partial charge in [0.1, 0.15) is 12.4 Å². The minimum absolute atomic E-state index is 0.00933. The third-order valence-electron chi connectivity index (χ3n) is 5.36. The highest BCUT2D eigenvalue weighted by atomic mass is 16.5. The molecule has 0 unspecified atom stereocenters. The third kappa shape index (κ3) is 2.63. The number of anilines is 2. The number of carbonyl (C=O) groups excluding carboxylic acids is 1. The molecule has 3 aromatic rings. The number of amides is 1. The number of fused-ring (bicyclic) bond motifs is 3. The summed E-state index contributed by atoms with van der Waals surface area (Å²) in [5, 5.41) is 9.64. The number of ether oxygens (including phenoxy) is 1. The maximum atomic E-state index is 12.4. The number of carbonyl (C=O) groups is 1. The van der Waals surface area contributed by atoms with Crippen LogP contribution in [0, 0.1) is 6.92 Å². The lowest BCUT2D eigenvalue weighted by Crippen LogP contribution is -2.44. The molecule has 0 saturated carbocycles. The minimum Gasteiger partial charge on any atom is -0.380 e. The van der Waals surface area contributed by atoms with E-state index in [1.165, 1.54) is 6.33 Å². The van der Waals surface area contributed by atoms with Crippen LogP contribution in [0.1, 0.15) is 12.0 Å². The largest absolute Gasteiger partial charge is 0.380 e. The van der Waals surface area contributed by atoms with Crippen LogP contribution < -0.4 is 10.2 Å². The van der Waals surface area contributed by atoms with Gasteiger partial charge in [0, 0.05) is 31.2 Å². The van der Waals surface area contributed by atoms with Crippen molar-refractivity contribution in [3.05, 3.63) is 36.3 Å². The zero-order valence-corrected chi connectivity index (χ0v) is 15.5. The molecule has 5 rings (SSSR count). The van der Waals surface area contributed by atoms with E-state index in [-0.39, 0.29) is 18.1 Å². The van der Waals surface area contributed by atoms with E-state index in [0.717, 1.165) is 28.2 Å². The molecule has 1 amide bonds. The Morgan fingerprint density at radius 3 is 2.93 bits per heavy atom. The van der Waals surface area contributed by atoms with Crippen molar-refractivity contribution in [1.82, 2.24) is 25.1 Å². The van der Waals surface area contributed by atoms with Crippen LogP contribution in [-0.4, -0.2) is 56.9 Å². The van der Waals surface area contributed by atoms with E-state index in [9.17, 15) is 4.79 Å². The lowest BCUT2D eigenvalue weighted by molar-refractivity contribution is -0.117. The van der Waals surface area contributed by atoms with Gasteiger partial charge >= 0.3 is 0 Å². The molecular weight excluding hydrogens is 358 g/mol. The van der Waals surface area contributed by atoms with Gasteiger partial charge in [-0.1, -0.05) is 12.1 Å². The van der Waals surface area contributed by atoms with Crippen LogP contribution in [0.5, 0.6) is 0 Å². The Morgan fingerprint density at radius 2 is 2.18 bits per heavy atom. The zero-order valence-electron chi connectivity index (χ0n) is 15.5. The Morgan fingerprint density at radius 1 is 1.29 bits per heavy atom. The van der Waals surface area contributed by atoms with Gasteiger partial charge in [-0.15, -0.1) is 0 Å². The van der Waals surface area contributed by atoms with Crippen LogP contribution >= 0.6 is 0 Å². The predicted molar refractivity (Wildman–Crippen MR) is 103 cm³/mol. The van der Waals surface area contributed by atoms with Crippen LogP contribution in [-0.2, 0) is 9.53 Å². The smallest absolute Gasteiger partial charge is 0.248 e. The van der Waals surface area contributed by atoms with Crippen LogP contribution in [0.15, 0.2) is 30.7 Å². The van der Waals surface area contributed by atoms with Gasteiger partial charge in [0.15, 0.2) is 17.5 Å². The standard InChI is InChI=1S/C19H19N7O2/c1-10-5-11(16-21-9-22-25-16)3-4-13(10)14-7-20-17-18(23-14)26-8-12(28-2)6-15(26)19(27)24-17/h3-5,7,9,12,15H,6,8H2,1-2H3,(H,20,24,27)(H,21,22,25)/t12-,15-/m0/s1. The summed E-state index contributed by atoms with van der Waals surface area (Å²) < 4.78 is 5.47. The van der Waals surface area contributed by atoms with Crippen molar-refractivity contribution in [1.29, 1.82) is 0 Å². The van der Waals surface area contributed by atoms with E-state index in [2.05, 4.69) is 25.5 Å². The second kappa shape index (κ2) is 6.38. The first-order valence-electron chi connectivity index (χ1n) is 9.08. The number of nitrogens with one attached hydrogen (secondary N) is 2. The number of methoxy groups -OCH3 is 1. The van der Waals surface area contributed by atoms with E-state index < -0.39 is 0 Å². The number of rotatable bonds is 3. The fourth-order valence-corrected chi connectivity index (χ4v) is 3.89. The molecule has 2 atom stereocenters. The molecule has 28 heavy (non-hydrogen) atoms. The second-order valence-corrected chi connectivity index (χ2v) is 7.04. The van der Waals surface area contributed by atoms with Gasteiger partial charge in [-0.3, -0.25) is 9.89 Å². The number of aromatic amines is 1. The van der Waals surface area contributed by atoms with Gasteiger partial charge in [-0.05, 0) is 18.6 Å². The quantitative estimate of drug-likeness (QED) is 0.716. The molecule has 2 aliphatic heterocycles. The molecule has 2 aromatic heterocycles. The summed E-state index contributed by atoms with van der Waals surface area (Å²) in [4.78, 5) is 27.9. The summed E-state index contributed by atoms with van der Waals surface area (Å²) in [5.41, 5.74) is 3.75. The first-order chi connectivity index (χ1) is 13.6. The number of hydrogen-bond acceptors (Lipinski definition) is 7. The van der Waals surface area contributed by atoms with Gasteiger partial charge in [-0.25, -0.2) is 15.0 Å². The molecule has 1 aromatic carbocycles. The van der Waals surface area contributed by atoms with Crippen LogP contribution in [0.2, 0.25) is 0 Å². The first-order valence-corrected chi connectivity index (χ1v) is 9.08. The fraction of sp³-hybridized carbons (Fsp3) is 0.316. The van der Waals surface area contributed by atoms with Gasteiger partial charge < -0.3 is 15.0 Å². The lowest BCUT2D eigenvalue weighted by Gasteiger charge is -2.30. The molecule has 9 nitrogen and oxygen atoms in total. The number of hydrogen-bond donors (Lipinski definition) is 2. The Kier molecular flexibility index (Phi) is 3.83. The molecule has 2 aliphatic rings. The number of aromatic nitrogens is 5. The Labute approximate surface area is 161 Å². The molecule has 1 fully saturated rings. The van der Waals surface area contributed by atoms with E-state index in [1.54, 1.807) is 13.3 Å². The van der Waals surface area contributed by atoms with Crippen LogP contribution in [0.4, 0.5) is 11.6 Å². The minimum atomic E-state index is -0.267. The van der Waals surface area contributed by atoms with Gasteiger partial charge in [0.05, 0.1) is 18.0 Å². The molecule has 0 radical (unpaired) electrons. The molecule has 0 aliphatic carbocycles. The number of aryl methyl sites for hydroxylation is 1. The molecule has 9 heteroatoms. The van der Waals surface area contributed by atoms with Crippen molar-refractivity contribution in [3.8, 4) is 22.6 Å². The second-order valence-electron chi connectivity index (χ2n) is 7.04. The molecule has 1 saturated heterocycles. The Bertz CT molecular complexity index is 1050. The molecule has 0 bridgehead atoms. The van der Waals surface area contributed by atoms with Crippen molar-refractivity contribution in [3.63, 3.8) is 0 Å². The molecule has 142 valence electrons. The predicted octanol–water partition coefficient (Wildman–Crippen LogP) is 1.78. The van der Waals surface area contributed by atoms with Gasteiger partial charge in [-0.2, -0.15) is 5.10 Å². The summed E-state index contributed by atoms with van der Waals surface area (Å²) >= 11 is 0. The highest BCUT2D eigenvalue weighted by Crippen LogP contribution is 2.36. The molecule has 0 spiro atoms. The first kappa shape index (κ1) is 16.8. The summed E-state index contributed by atoms with van der Waals surface area (Å²) in [6, 6.07) is 5.76. The summed E-state index contributed by atoms with van der Waals surface area (Å²) in [7, 11) is 1.67. The normalized spacial score (nSPS) is 20.6. The number of H-pyrrole nitrogens is 1. The van der Waals surface area contributed by atoms with Crippen LogP contribution in [0.25, 0.3) is 22.6 Å². The number of benzene rings is 1. The average molecular weight is 377 g/mol. The fourth-order valence-electron chi connectivity index (χ4n) is 3.89. The Balaban J connectivity index is 1.53. The maximum Gasteiger partial charge on any atom is 0.248 e.